The monoisotopic (exact) mass is 266 g/mol. The number of rotatable bonds is 6. The van der Waals surface area contributed by atoms with Crippen molar-refractivity contribution in [1.29, 1.82) is 0 Å². The quantitative estimate of drug-likeness (QED) is 0.739. The summed E-state index contributed by atoms with van der Waals surface area (Å²) in [5.41, 5.74) is 7.61. The summed E-state index contributed by atoms with van der Waals surface area (Å²) in [7, 11) is 0. The molecule has 0 fully saturated rings. The molecule has 0 aliphatic rings. The molecule has 5 nitrogen and oxygen atoms in total. The Labute approximate surface area is 115 Å². The van der Waals surface area contributed by atoms with E-state index in [0.29, 0.717) is 23.8 Å². The average molecular weight is 266 g/mol. The minimum absolute atomic E-state index is 0.0486. The van der Waals surface area contributed by atoms with Gasteiger partial charge in [0.05, 0.1) is 11.4 Å². The summed E-state index contributed by atoms with van der Waals surface area (Å²) in [5.74, 6) is 0.282. The molecule has 4 N–H and O–H groups in total. The number of hydrogen-bond donors (Lipinski definition) is 3. The van der Waals surface area contributed by atoms with E-state index < -0.39 is 0 Å². The summed E-state index contributed by atoms with van der Waals surface area (Å²) in [6.45, 7) is 11.2. The Hall–Kier alpha value is -1.52. The summed E-state index contributed by atoms with van der Waals surface area (Å²) in [6.07, 6.45) is 1.78. The van der Waals surface area contributed by atoms with Crippen LogP contribution in [0.25, 0.3) is 0 Å². The van der Waals surface area contributed by atoms with Crippen molar-refractivity contribution < 1.29 is 4.79 Å². The second kappa shape index (κ2) is 6.08. The first-order valence-corrected chi connectivity index (χ1v) is 6.90. The third kappa shape index (κ3) is 3.72. The summed E-state index contributed by atoms with van der Waals surface area (Å²) < 4.78 is 0. The maximum absolute atomic E-state index is 12.1. The van der Waals surface area contributed by atoms with E-state index in [1.54, 1.807) is 0 Å². The van der Waals surface area contributed by atoms with E-state index in [1.807, 2.05) is 0 Å². The van der Waals surface area contributed by atoms with Crippen LogP contribution < -0.4 is 11.1 Å². The summed E-state index contributed by atoms with van der Waals surface area (Å²) >= 11 is 0. The van der Waals surface area contributed by atoms with Crippen LogP contribution in [0.4, 0.5) is 5.69 Å². The first kappa shape index (κ1) is 15.5. The van der Waals surface area contributed by atoms with E-state index in [1.165, 1.54) is 0 Å². The molecule has 0 radical (unpaired) electrons. The summed E-state index contributed by atoms with van der Waals surface area (Å²) in [6, 6.07) is 0. The van der Waals surface area contributed by atoms with Gasteiger partial charge < -0.3 is 11.1 Å². The second-order valence-electron chi connectivity index (χ2n) is 6.04. The minimum atomic E-state index is -0.204. The fourth-order valence-electron chi connectivity index (χ4n) is 1.60. The topological polar surface area (TPSA) is 83.8 Å². The van der Waals surface area contributed by atoms with Crippen LogP contribution in [0.3, 0.4) is 0 Å². The Morgan fingerprint density at radius 2 is 2.11 bits per heavy atom. The maximum atomic E-state index is 12.1. The fraction of sp³-hybridized carbons (Fsp3) is 0.714. The number of amides is 1. The smallest absolute Gasteiger partial charge is 0.273 e. The maximum Gasteiger partial charge on any atom is 0.273 e. The van der Waals surface area contributed by atoms with Gasteiger partial charge in [-0.3, -0.25) is 9.89 Å². The van der Waals surface area contributed by atoms with Crippen LogP contribution in [0.5, 0.6) is 0 Å². The van der Waals surface area contributed by atoms with Gasteiger partial charge in [-0.2, -0.15) is 5.10 Å². The van der Waals surface area contributed by atoms with Gasteiger partial charge in [-0.05, 0) is 17.8 Å². The molecule has 0 aliphatic heterocycles. The molecule has 0 saturated heterocycles. The van der Waals surface area contributed by atoms with Crippen molar-refractivity contribution in [2.24, 2.45) is 11.3 Å². The Morgan fingerprint density at radius 3 is 2.63 bits per heavy atom. The molecule has 0 atom stereocenters. The Kier molecular flexibility index (Phi) is 4.97. The largest absolute Gasteiger partial charge is 0.395 e. The Balaban J connectivity index is 2.69. The molecule has 1 aromatic heterocycles. The van der Waals surface area contributed by atoms with Gasteiger partial charge in [0.15, 0.2) is 5.69 Å². The fourth-order valence-corrected chi connectivity index (χ4v) is 1.60. The lowest BCUT2D eigenvalue weighted by atomic mass is 9.81. The van der Waals surface area contributed by atoms with Crippen LogP contribution >= 0.6 is 0 Å². The molecule has 0 aromatic carbocycles. The number of nitrogens with zero attached hydrogens (tertiary/aromatic N) is 1. The first-order valence-electron chi connectivity index (χ1n) is 6.90. The van der Waals surface area contributed by atoms with Crippen molar-refractivity contribution in [3.05, 3.63) is 11.4 Å². The molecule has 0 aliphatic carbocycles. The van der Waals surface area contributed by atoms with Gasteiger partial charge in [0.2, 0.25) is 0 Å². The zero-order valence-electron chi connectivity index (χ0n) is 12.6. The number of aromatic nitrogens is 2. The van der Waals surface area contributed by atoms with E-state index in [4.69, 9.17) is 5.73 Å². The van der Waals surface area contributed by atoms with Crippen LogP contribution in [0.1, 0.15) is 57.2 Å². The van der Waals surface area contributed by atoms with E-state index in [9.17, 15) is 4.79 Å². The standard InChI is InChI=1S/C14H26N4O/c1-6-7-10-11(15)12(18-17-10)13(19)16-8-14(4,5)9(2)3/h9H,6-8,15H2,1-5H3,(H,16,19)(H,17,18). The van der Waals surface area contributed by atoms with Crippen LogP contribution in [0.2, 0.25) is 0 Å². The van der Waals surface area contributed by atoms with Crippen molar-refractivity contribution in [2.45, 2.75) is 47.5 Å². The predicted octanol–water partition coefficient (Wildman–Crippen LogP) is 2.36. The number of nitrogens with two attached hydrogens (primary N) is 1. The van der Waals surface area contributed by atoms with Crippen molar-refractivity contribution in [3.8, 4) is 0 Å². The molecule has 1 rings (SSSR count). The van der Waals surface area contributed by atoms with Gasteiger partial charge >= 0.3 is 0 Å². The molecule has 19 heavy (non-hydrogen) atoms. The lowest BCUT2D eigenvalue weighted by Gasteiger charge is -2.29. The first-order chi connectivity index (χ1) is 8.79. The van der Waals surface area contributed by atoms with Gasteiger partial charge in [-0.1, -0.05) is 41.0 Å². The van der Waals surface area contributed by atoms with Crippen molar-refractivity contribution in [1.82, 2.24) is 15.5 Å². The third-order valence-corrected chi connectivity index (χ3v) is 3.87. The summed E-state index contributed by atoms with van der Waals surface area (Å²) in [5, 5.41) is 9.77. The highest BCUT2D eigenvalue weighted by Crippen LogP contribution is 2.25. The normalized spacial score (nSPS) is 11.9. The molecule has 0 unspecified atom stereocenters. The third-order valence-electron chi connectivity index (χ3n) is 3.87. The van der Waals surface area contributed by atoms with Crippen molar-refractivity contribution in [3.63, 3.8) is 0 Å². The Bertz CT molecular complexity index is 435. The van der Waals surface area contributed by atoms with Gasteiger partial charge in [0.25, 0.3) is 5.91 Å². The highest BCUT2D eigenvalue weighted by atomic mass is 16.1. The number of aromatic amines is 1. The van der Waals surface area contributed by atoms with E-state index in [2.05, 4.69) is 50.1 Å². The molecule has 5 heteroatoms. The van der Waals surface area contributed by atoms with Crippen molar-refractivity contribution >= 4 is 11.6 Å². The van der Waals surface area contributed by atoms with Gasteiger partial charge in [-0.15, -0.1) is 0 Å². The van der Waals surface area contributed by atoms with Gasteiger partial charge in [-0.25, -0.2) is 0 Å². The minimum Gasteiger partial charge on any atom is -0.395 e. The highest BCUT2D eigenvalue weighted by molar-refractivity contribution is 5.97. The van der Waals surface area contributed by atoms with Crippen LogP contribution in [-0.2, 0) is 6.42 Å². The van der Waals surface area contributed by atoms with E-state index >= 15 is 0 Å². The number of aryl methyl sites for hydroxylation is 1. The molecule has 1 amide bonds. The molecule has 108 valence electrons. The zero-order valence-corrected chi connectivity index (χ0v) is 12.6. The second-order valence-corrected chi connectivity index (χ2v) is 6.04. The molecular weight excluding hydrogens is 240 g/mol. The number of H-pyrrole nitrogens is 1. The predicted molar refractivity (Wildman–Crippen MR) is 77.9 cm³/mol. The number of nitrogen functional groups attached to an aromatic ring is 1. The molecule has 0 bridgehead atoms. The lowest BCUT2D eigenvalue weighted by Crippen LogP contribution is -2.37. The van der Waals surface area contributed by atoms with Crippen molar-refractivity contribution in [2.75, 3.05) is 12.3 Å². The number of nitrogens with one attached hydrogen (secondary N) is 2. The Morgan fingerprint density at radius 1 is 1.47 bits per heavy atom. The van der Waals surface area contributed by atoms with E-state index in [0.717, 1.165) is 18.5 Å². The number of hydrogen-bond acceptors (Lipinski definition) is 3. The zero-order chi connectivity index (χ0) is 14.6. The summed E-state index contributed by atoms with van der Waals surface area (Å²) in [4.78, 5) is 12.1. The van der Waals surface area contributed by atoms with Crippen LogP contribution in [-0.4, -0.2) is 22.6 Å². The number of carbonyl (C=O) groups excluding carboxylic acids is 1. The molecule has 0 spiro atoms. The molecular formula is C14H26N4O. The van der Waals surface area contributed by atoms with Crippen LogP contribution in [0.15, 0.2) is 0 Å². The van der Waals surface area contributed by atoms with Crippen LogP contribution in [0, 0.1) is 11.3 Å². The number of carbonyl (C=O) groups is 1. The molecule has 0 saturated carbocycles. The average Bonchev–Trinajstić information content (AvgIpc) is 2.69. The highest BCUT2D eigenvalue weighted by Gasteiger charge is 2.24. The number of anilines is 1. The SMILES string of the molecule is CCCc1[nH]nc(C(=O)NCC(C)(C)C(C)C)c1N. The van der Waals surface area contributed by atoms with Gasteiger partial charge in [0.1, 0.15) is 0 Å². The van der Waals surface area contributed by atoms with Gasteiger partial charge in [0, 0.05) is 6.54 Å². The lowest BCUT2D eigenvalue weighted by molar-refractivity contribution is 0.0920. The molecule has 1 heterocycles. The van der Waals surface area contributed by atoms with E-state index in [-0.39, 0.29) is 11.3 Å². The molecule has 1 aromatic rings.